The van der Waals surface area contributed by atoms with E-state index >= 15 is 0 Å². The molecule has 1 amide bonds. The predicted octanol–water partition coefficient (Wildman–Crippen LogP) is 6.41. The van der Waals surface area contributed by atoms with Gasteiger partial charge in [0.25, 0.3) is 5.91 Å². The van der Waals surface area contributed by atoms with Gasteiger partial charge in [-0.1, -0.05) is 13.0 Å². The van der Waals surface area contributed by atoms with Gasteiger partial charge in [-0.2, -0.15) is 0 Å². The molecule has 1 aliphatic carbocycles. The van der Waals surface area contributed by atoms with E-state index in [9.17, 15) is 26.7 Å². The van der Waals surface area contributed by atoms with Gasteiger partial charge in [-0.15, -0.1) is 25.6 Å². The molecule has 2 heterocycles. The lowest BCUT2D eigenvalue weighted by Crippen LogP contribution is -2.41. The van der Waals surface area contributed by atoms with Crippen molar-refractivity contribution in [2.45, 2.75) is 51.3 Å². The Balaban J connectivity index is 0.00000387. The maximum absolute atomic E-state index is 14.7. The number of rotatable bonds is 9. The Kier molecular flexibility index (Phi) is 8.91. The van der Waals surface area contributed by atoms with Crippen LogP contribution in [0.1, 0.15) is 41.5 Å². The Morgan fingerprint density at radius 2 is 1.68 bits per heavy atom. The number of hydrogen-bond acceptors (Lipinski definition) is 5. The number of imidazole rings is 1. The van der Waals surface area contributed by atoms with Crippen molar-refractivity contribution in [3.8, 4) is 17.2 Å². The summed E-state index contributed by atoms with van der Waals surface area (Å²) in [5.74, 6) is -1.36. The summed E-state index contributed by atoms with van der Waals surface area (Å²) in [5.41, 5.74) is 1.66. The summed E-state index contributed by atoms with van der Waals surface area (Å²) in [4.78, 5) is 17.2. The van der Waals surface area contributed by atoms with Crippen molar-refractivity contribution in [3.63, 3.8) is 0 Å². The van der Waals surface area contributed by atoms with Gasteiger partial charge < -0.3 is 19.5 Å². The lowest BCUT2D eigenvalue weighted by Gasteiger charge is -2.35. The van der Waals surface area contributed by atoms with Crippen LogP contribution in [-0.4, -0.2) is 33.9 Å². The summed E-state index contributed by atoms with van der Waals surface area (Å²) >= 11 is 0. The van der Waals surface area contributed by atoms with Gasteiger partial charge in [-0.3, -0.25) is 9.20 Å². The number of aryl methyl sites for hydroxylation is 1. The van der Waals surface area contributed by atoms with Gasteiger partial charge in [0.1, 0.15) is 40.9 Å². The van der Waals surface area contributed by atoms with Crippen LogP contribution in [-0.2, 0) is 13.0 Å². The molecule has 5 rings (SSSR count). The van der Waals surface area contributed by atoms with E-state index < -0.39 is 23.9 Å². The second-order valence-electron chi connectivity index (χ2n) is 9.25. The summed E-state index contributed by atoms with van der Waals surface area (Å²) in [6.07, 6.45) is -2.41. The molecule has 1 fully saturated rings. The number of benzene rings is 2. The average molecular weight is 598 g/mol. The molecular formula is C28H25ClF5N3O4. The molecule has 1 saturated carbocycles. The summed E-state index contributed by atoms with van der Waals surface area (Å²) in [7, 11) is 0. The van der Waals surface area contributed by atoms with Gasteiger partial charge in [0.15, 0.2) is 11.6 Å². The van der Waals surface area contributed by atoms with Crippen LogP contribution in [0.15, 0.2) is 60.8 Å². The van der Waals surface area contributed by atoms with E-state index in [4.69, 9.17) is 9.47 Å². The Morgan fingerprint density at radius 1 is 1.00 bits per heavy atom. The van der Waals surface area contributed by atoms with Crippen LogP contribution in [0, 0.1) is 11.6 Å². The molecule has 2 aromatic heterocycles. The lowest BCUT2D eigenvalue weighted by molar-refractivity contribution is -0.274. The minimum Gasteiger partial charge on any atom is -0.490 e. The number of halogens is 6. The molecule has 0 bridgehead atoms. The third-order valence-electron chi connectivity index (χ3n) is 6.36. The molecule has 13 heteroatoms. The van der Waals surface area contributed by atoms with Crippen LogP contribution in [0.4, 0.5) is 22.0 Å². The smallest absolute Gasteiger partial charge is 0.490 e. The van der Waals surface area contributed by atoms with Crippen molar-refractivity contribution in [3.05, 3.63) is 89.4 Å². The first-order chi connectivity index (χ1) is 19.1. The third kappa shape index (κ3) is 7.18. The number of carbonyl (C=O) groups excluding carboxylic acids is 1. The molecule has 4 aromatic rings. The first-order valence-corrected chi connectivity index (χ1v) is 12.5. The fourth-order valence-corrected chi connectivity index (χ4v) is 4.37. The van der Waals surface area contributed by atoms with E-state index in [1.165, 1.54) is 47.0 Å². The fraction of sp³-hybridized carbons (Fsp3) is 0.286. The Morgan fingerprint density at radius 3 is 2.34 bits per heavy atom. The van der Waals surface area contributed by atoms with Gasteiger partial charge in [0.2, 0.25) is 0 Å². The van der Waals surface area contributed by atoms with Crippen LogP contribution in [0.5, 0.6) is 17.2 Å². The van der Waals surface area contributed by atoms with Gasteiger partial charge in [0, 0.05) is 31.6 Å². The number of fused-ring (bicyclic) bond motifs is 1. The van der Waals surface area contributed by atoms with Crippen molar-refractivity contribution < 1.29 is 41.0 Å². The zero-order chi connectivity index (χ0) is 28.4. The number of hydrogen-bond donors (Lipinski definition) is 1. The monoisotopic (exact) mass is 597 g/mol. The summed E-state index contributed by atoms with van der Waals surface area (Å²) in [6, 6.07) is 12.0. The topological polar surface area (TPSA) is 74.1 Å². The van der Waals surface area contributed by atoms with E-state index in [2.05, 4.69) is 15.0 Å². The van der Waals surface area contributed by atoms with Gasteiger partial charge in [-0.05, 0) is 54.4 Å². The molecule has 0 saturated heterocycles. The Bertz CT molecular complexity index is 1520. The first kappa shape index (κ1) is 29.9. The third-order valence-corrected chi connectivity index (χ3v) is 6.36. The van der Waals surface area contributed by atoms with Crippen molar-refractivity contribution in [2.75, 3.05) is 0 Å². The predicted molar refractivity (Wildman–Crippen MR) is 141 cm³/mol. The van der Waals surface area contributed by atoms with Crippen LogP contribution < -0.4 is 19.5 Å². The molecule has 0 spiro atoms. The quantitative estimate of drug-likeness (QED) is 0.226. The molecule has 7 nitrogen and oxygen atoms in total. The SMILES string of the molecule is CCc1nc2cc(F)ccn2c1C(=O)NCc1ccc(OC2CC(Oc3ccc(OC(F)(F)F)cc3)C2)c(F)c1.Cl. The van der Waals surface area contributed by atoms with Crippen molar-refractivity contribution >= 4 is 24.0 Å². The van der Waals surface area contributed by atoms with Gasteiger partial charge in [0.05, 0.1) is 5.69 Å². The van der Waals surface area contributed by atoms with Crippen LogP contribution in [0.25, 0.3) is 5.65 Å². The number of carbonyl (C=O) groups is 1. The van der Waals surface area contributed by atoms with E-state index in [-0.39, 0.29) is 42.7 Å². The van der Waals surface area contributed by atoms with Crippen molar-refractivity contribution in [1.82, 2.24) is 14.7 Å². The number of amides is 1. The number of nitrogens with one attached hydrogen (secondary N) is 1. The minimum atomic E-state index is -4.76. The van der Waals surface area contributed by atoms with Crippen LogP contribution in [0.3, 0.4) is 0 Å². The Hall–Kier alpha value is -4.06. The highest BCUT2D eigenvalue weighted by molar-refractivity contribution is 5.94. The van der Waals surface area contributed by atoms with Crippen molar-refractivity contribution in [1.29, 1.82) is 0 Å². The normalized spacial score (nSPS) is 16.4. The van der Waals surface area contributed by atoms with Gasteiger partial charge >= 0.3 is 6.36 Å². The molecule has 218 valence electrons. The zero-order valence-electron chi connectivity index (χ0n) is 21.6. The van der Waals surface area contributed by atoms with E-state index in [0.717, 1.165) is 12.1 Å². The average Bonchev–Trinajstić information content (AvgIpc) is 3.25. The molecule has 1 N–H and O–H groups in total. The van der Waals surface area contributed by atoms with Crippen LogP contribution >= 0.6 is 12.4 Å². The summed E-state index contributed by atoms with van der Waals surface area (Å²) in [6.45, 7) is 1.90. The highest BCUT2D eigenvalue weighted by Crippen LogP contribution is 2.32. The van der Waals surface area contributed by atoms with E-state index in [0.29, 0.717) is 47.6 Å². The standard InChI is InChI=1S/C28H24F5N3O4.ClH/c1-2-23-26(36-10-9-17(29)12-25(36)35-23)27(37)34-15-16-3-8-24(22(30)11-16)39-21-13-20(14-21)38-18-4-6-19(7-5-18)40-28(31,32)33;/h3-12,20-21H,2,13-15H2,1H3,(H,34,37);1H. The highest BCUT2D eigenvalue weighted by atomic mass is 35.5. The minimum absolute atomic E-state index is 0. The first-order valence-electron chi connectivity index (χ1n) is 12.5. The highest BCUT2D eigenvalue weighted by Gasteiger charge is 2.34. The molecular weight excluding hydrogens is 573 g/mol. The number of pyridine rings is 1. The number of nitrogens with zero attached hydrogens (tertiary/aromatic N) is 2. The van der Waals surface area contributed by atoms with Gasteiger partial charge in [-0.25, -0.2) is 13.8 Å². The van der Waals surface area contributed by atoms with E-state index in [1.807, 2.05) is 6.92 Å². The van der Waals surface area contributed by atoms with E-state index in [1.54, 1.807) is 6.07 Å². The zero-order valence-corrected chi connectivity index (χ0v) is 22.4. The summed E-state index contributed by atoms with van der Waals surface area (Å²) in [5, 5.41) is 2.76. The maximum atomic E-state index is 14.7. The van der Waals surface area contributed by atoms with Crippen molar-refractivity contribution in [2.24, 2.45) is 0 Å². The molecule has 0 atom stereocenters. The Labute approximate surface area is 237 Å². The van der Waals surface area contributed by atoms with Crippen LogP contribution in [0.2, 0.25) is 0 Å². The lowest BCUT2D eigenvalue weighted by atomic mass is 9.92. The molecule has 2 aromatic carbocycles. The summed E-state index contributed by atoms with van der Waals surface area (Å²) < 4.78 is 81.9. The molecule has 0 radical (unpaired) electrons. The fourth-order valence-electron chi connectivity index (χ4n) is 4.37. The maximum Gasteiger partial charge on any atom is 0.573 e. The largest absolute Gasteiger partial charge is 0.573 e. The molecule has 0 aliphatic heterocycles. The molecule has 0 unspecified atom stereocenters. The molecule has 41 heavy (non-hydrogen) atoms. The second kappa shape index (κ2) is 12.2. The number of aromatic nitrogens is 2. The number of alkyl halides is 3. The number of ether oxygens (including phenoxy) is 3. The second-order valence-corrected chi connectivity index (χ2v) is 9.25. The molecule has 1 aliphatic rings.